The number of hydrogen-bond donors (Lipinski definition) is 2. The van der Waals surface area contributed by atoms with Gasteiger partial charge in [-0.3, -0.25) is 0 Å². The van der Waals surface area contributed by atoms with Crippen LogP contribution >= 0.6 is 22.6 Å². The van der Waals surface area contributed by atoms with Gasteiger partial charge in [0.25, 0.3) is 0 Å². The fourth-order valence-electron chi connectivity index (χ4n) is 1.57. The van der Waals surface area contributed by atoms with Crippen LogP contribution in [0, 0.1) is 3.57 Å². The normalized spacial score (nSPS) is 10.6. The van der Waals surface area contributed by atoms with Crippen LogP contribution in [0.5, 0.6) is 0 Å². The van der Waals surface area contributed by atoms with Crippen molar-refractivity contribution in [3.8, 4) is 0 Å². The van der Waals surface area contributed by atoms with Crippen LogP contribution in [-0.4, -0.2) is 27.3 Å². The molecular weight excluding hydrogens is 359 g/mol. The first kappa shape index (κ1) is 12.1. The highest BCUT2D eigenvalue weighted by Crippen LogP contribution is 2.23. The first-order chi connectivity index (χ1) is 9.26. The minimum Gasteiger partial charge on any atom is -0.370 e. The first-order valence-corrected chi connectivity index (χ1v) is 6.55. The molecule has 0 unspecified atom stereocenters. The van der Waals surface area contributed by atoms with E-state index in [4.69, 9.17) is 0 Å². The maximum absolute atomic E-state index is 4.60. The molecule has 0 amide bonds. The molecule has 0 aliphatic rings. The molecule has 0 saturated heterocycles. The summed E-state index contributed by atoms with van der Waals surface area (Å²) >= 11 is 2.25. The van der Waals surface area contributed by atoms with E-state index in [1.807, 2.05) is 24.3 Å². The van der Waals surface area contributed by atoms with Crippen LogP contribution < -0.4 is 10.6 Å². The third-order valence-electron chi connectivity index (χ3n) is 2.46. The maximum Gasteiger partial charge on any atom is 0.245 e. The van der Waals surface area contributed by atoms with E-state index in [1.54, 1.807) is 7.05 Å². The molecule has 0 spiro atoms. The van der Waals surface area contributed by atoms with Crippen LogP contribution in [0.1, 0.15) is 0 Å². The number of hydrogen-bond acceptors (Lipinski definition) is 7. The molecule has 1 aromatic carbocycles. The molecule has 3 rings (SSSR count). The monoisotopic (exact) mass is 368 g/mol. The van der Waals surface area contributed by atoms with Crippen molar-refractivity contribution >= 4 is 51.2 Å². The Kier molecular flexibility index (Phi) is 3.15. The molecule has 96 valence electrons. The lowest BCUT2D eigenvalue weighted by Gasteiger charge is -2.09. The molecule has 0 radical (unpaired) electrons. The van der Waals surface area contributed by atoms with E-state index >= 15 is 0 Å². The SMILES string of the molecule is CNc1nc2nonc2nc1Nc1ccc(I)cc1. The molecule has 3 aromatic rings. The van der Waals surface area contributed by atoms with Gasteiger partial charge in [0.1, 0.15) is 0 Å². The highest BCUT2D eigenvalue weighted by molar-refractivity contribution is 14.1. The Balaban J connectivity index is 2.00. The van der Waals surface area contributed by atoms with Gasteiger partial charge in [0.15, 0.2) is 11.6 Å². The Morgan fingerprint density at radius 3 is 2.26 bits per heavy atom. The topological polar surface area (TPSA) is 88.8 Å². The van der Waals surface area contributed by atoms with Crippen LogP contribution in [0.3, 0.4) is 0 Å². The van der Waals surface area contributed by atoms with E-state index in [9.17, 15) is 0 Å². The molecule has 0 fully saturated rings. The van der Waals surface area contributed by atoms with Crippen LogP contribution in [0.15, 0.2) is 28.9 Å². The molecule has 7 nitrogen and oxygen atoms in total. The minimum atomic E-state index is 0.368. The van der Waals surface area contributed by atoms with Gasteiger partial charge >= 0.3 is 0 Å². The zero-order chi connectivity index (χ0) is 13.2. The highest BCUT2D eigenvalue weighted by Gasteiger charge is 2.11. The van der Waals surface area contributed by atoms with Gasteiger partial charge in [-0.1, -0.05) is 0 Å². The Hall–Kier alpha value is -1.97. The summed E-state index contributed by atoms with van der Waals surface area (Å²) in [6.07, 6.45) is 0. The van der Waals surface area contributed by atoms with Crippen molar-refractivity contribution in [2.24, 2.45) is 0 Å². The van der Waals surface area contributed by atoms with Gasteiger partial charge < -0.3 is 10.6 Å². The molecule has 0 aliphatic heterocycles. The Morgan fingerprint density at radius 1 is 1.00 bits per heavy atom. The molecule has 2 heterocycles. The smallest absolute Gasteiger partial charge is 0.245 e. The number of rotatable bonds is 3. The zero-order valence-electron chi connectivity index (χ0n) is 9.88. The number of fused-ring (bicyclic) bond motifs is 1. The number of anilines is 3. The third-order valence-corrected chi connectivity index (χ3v) is 3.18. The van der Waals surface area contributed by atoms with Crippen LogP contribution in [0.25, 0.3) is 11.3 Å². The van der Waals surface area contributed by atoms with E-state index in [2.05, 4.69) is 58.1 Å². The van der Waals surface area contributed by atoms with Crippen molar-refractivity contribution in [3.05, 3.63) is 27.8 Å². The molecule has 2 aromatic heterocycles. The Morgan fingerprint density at radius 2 is 1.63 bits per heavy atom. The van der Waals surface area contributed by atoms with Gasteiger partial charge in [0, 0.05) is 16.3 Å². The van der Waals surface area contributed by atoms with E-state index < -0.39 is 0 Å². The molecule has 0 aliphatic carbocycles. The van der Waals surface area contributed by atoms with E-state index in [-0.39, 0.29) is 0 Å². The number of halogens is 1. The summed E-state index contributed by atoms with van der Waals surface area (Å²) in [6.45, 7) is 0. The molecule has 19 heavy (non-hydrogen) atoms. The summed E-state index contributed by atoms with van der Waals surface area (Å²) < 4.78 is 5.77. The van der Waals surface area contributed by atoms with Gasteiger partial charge in [-0.25, -0.2) is 14.6 Å². The summed E-state index contributed by atoms with van der Waals surface area (Å²) in [7, 11) is 1.77. The molecule has 2 N–H and O–H groups in total. The van der Waals surface area contributed by atoms with Gasteiger partial charge in [0.05, 0.1) is 0 Å². The summed E-state index contributed by atoms with van der Waals surface area (Å²) in [4.78, 5) is 8.58. The largest absolute Gasteiger partial charge is 0.370 e. The van der Waals surface area contributed by atoms with E-state index in [0.29, 0.717) is 22.9 Å². The second kappa shape index (κ2) is 4.96. The quantitative estimate of drug-likeness (QED) is 0.687. The fraction of sp³-hybridized carbons (Fsp3) is 0.0909. The molecule has 0 atom stereocenters. The number of benzene rings is 1. The van der Waals surface area contributed by atoms with Crippen molar-refractivity contribution in [1.29, 1.82) is 0 Å². The predicted octanol–water partition coefficient (Wildman–Crippen LogP) is 2.40. The predicted molar refractivity (Wildman–Crippen MR) is 79.4 cm³/mol. The molecule has 0 saturated carbocycles. The van der Waals surface area contributed by atoms with Crippen molar-refractivity contribution in [3.63, 3.8) is 0 Å². The number of nitrogens with zero attached hydrogens (tertiary/aromatic N) is 4. The van der Waals surface area contributed by atoms with Gasteiger partial charge in [-0.15, -0.1) is 0 Å². The fourth-order valence-corrected chi connectivity index (χ4v) is 1.93. The van der Waals surface area contributed by atoms with Crippen molar-refractivity contribution in [2.75, 3.05) is 17.7 Å². The summed E-state index contributed by atoms with van der Waals surface area (Å²) in [5.74, 6) is 1.16. The lowest BCUT2D eigenvalue weighted by Crippen LogP contribution is -2.02. The van der Waals surface area contributed by atoms with E-state index in [1.165, 1.54) is 3.57 Å². The minimum absolute atomic E-state index is 0.368. The summed E-state index contributed by atoms with van der Waals surface area (Å²) in [5, 5.41) is 13.5. The van der Waals surface area contributed by atoms with Crippen LogP contribution in [0.4, 0.5) is 17.3 Å². The van der Waals surface area contributed by atoms with Crippen LogP contribution in [-0.2, 0) is 0 Å². The molecular formula is C11H9IN6O. The lowest BCUT2D eigenvalue weighted by molar-refractivity contribution is 0.314. The second-order valence-corrected chi connectivity index (χ2v) is 4.96. The molecule has 8 heteroatoms. The number of aromatic nitrogens is 4. The zero-order valence-corrected chi connectivity index (χ0v) is 12.0. The summed E-state index contributed by atoms with van der Waals surface area (Å²) in [6, 6.07) is 7.94. The molecule has 0 bridgehead atoms. The Bertz CT molecular complexity index is 711. The lowest BCUT2D eigenvalue weighted by atomic mass is 10.3. The van der Waals surface area contributed by atoms with Crippen molar-refractivity contribution in [1.82, 2.24) is 20.3 Å². The number of nitrogens with one attached hydrogen (secondary N) is 2. The maximum atomic E-state index is 4.60. The standard InChI is InChI=1S/C11H9IN6O/c1-13-8-9(14-7-4-2-6(12)3-5-7)16-11-10(15-8)17-19-18-11/h2-5H,1H3,(H,13,15,17)(H,14,16,18). The van der Waals surface area contributed by atoms with Gasteiger partial charge in [-0.2, -0.15) is 0 Å². The first-order valence-electron chi connectivity index (χ1n) is 5.47. The van der Waals surface area contributed by atoms with E-state index in [0.717, 1.165) is 5.69 Å². The van der Waals surface area contributed by atoms with Gasteiger partial charge in [0.2, 0.25) is 11.3 Å². The Labute approximate surface area is 121 Å². The second-order valence-electron chi connectivity index (χ2n) is 3.71. The average molecular weight is 368 g/mol. The average Bonchev–Trinajstić information content (AvgIpc) is 2.87. The van der Waals surface area contributed by atoms with Gasteiger partial charge in [-0.05, 0) is 57.2 Å². The van der Waals surface area contributed by atoms with Crippen molar-refractivity contribution < 1.29 is 4.63 Å². The summed E-state index contributed by atoms with van der Waals surface area (Å²) in [5.41, 5.74) is 1.66. The van der Waals surface area contributed by atoms with Crippen molar-refractivity contribution in [2.45, 2.75) is 0 Å². The highest BCUT2D eigenvalue weighted by atomic mass is 127. The van der Waals surface area contributed by atoms with Crippen LogP contribution in [0.2, 0.25) is 0 Å². The third kappa shape index (κ3) is 2.43.